The van der Waals surface area contributed by atoms with E-state index in [1.54, 1.807) is 0 Å². The van der Waals surface area contributed by atoms with Crippen molar-refractivity contribution >= 4 is 0 Å². The average molecular weight is 154 g/mol. The lowest BCUT2D eigenvalue weighted by molar-refractivity contribution is 0.426. The Labute approximate surface area is 69.4 Å². The first-order valence-electron chi connectivity index (χ1n) is 4.64. The summed E-state index contributed by atoms with van der Waals surface area (Å²) in [6.45, 7) is 7.15. The first-order chi connectivity index (χ1) is 5.34. The first-order valence-corrected chi connectivity index (χ1v) is 4.64. The highest BCUT2D eigenvalue weighted by atomic mass is 16.6. The summed E-state index contributed by atoms with van der Waals surface area (Å²) in [4.78, 5) is 0. The van der Waals surface area contributed by atoms with Crippen molar-refractivity contribution in [3.63, 3.8) is 0 Å². The smallest absolute Gasteiger partial charge is 0.102 e. The van der Waals surface area contributed by atoms with Crippen molar-refractivity contribution in [2.45, 2.75) is 45.1 Å². The van der Waals surface area contributed by atoms with Crippen LogP contribution in [0.5, 0.6) is 0 Å². The molecule has 1 atom stereocenters. The van der Waals surface area contributed by atoms with Crippen LogP contribution >= 0.6 is 0 Å². The summed E-state index contributed by atoms with van der Waals surface area (Å²) < 4.78 is 5.13. The lowest BCUT2D eigenvalue weighted by Crippen LogP contribution is -1.90. The Kier molecular flexibility index (Phi) is 3.64. The molecule has 0 spiro atoms. The quantitative estimate of drug-likeness (QED) is 0.325. The Morgan fingerprint density at radius 3 is 2.73 bits per heavy atom. The molecule has 0 bridgehead atoms. The van der Waals surface area contributed by atoms with Crippen LogP contribution in [-0.4, -0.2) is 12.7 Å². The standard InChI is InChI=1S/C10H18O/c1-3-4-5-6-7-9(2)10-8-11-10/h10H,2-8H2,1H3/t10-/m0/s1. The number of rotatable bonds is 6. The van der Waals surface area contributed by atoms with Gasteiger partial charge in [-0.1, -0.05) is 32.8 Å². The van der Waals surface area contributed by atoms with Crippen LogP contribution in [0, 0.1) is 0 Å². The molecule has 64 valence electrons. The SMILES string of the molecule is C=C(CCCCCC)[C@@H]1CO1. The van der Waals surface area contributed by atoms with Gasteiger partial charge in [-0.05, 0) is 18.4 Å². The fraction of sp³-hybridized carbons (Fsp3) is 0.800. The molecule has 1 heteroatoms. The molecule has 1 aliphatic rings. The van der Waals surface area contributed by atoms with E-state index >= 15 is 0 Å². The summed E-state index contributed by atoms with van der Waals surface area (Å²) in [5, 5.41) is 0. The largest absolute Gasteiger partial charge is 0.368 e. The predicted molar refractivity (Wildman–Crippen MR) is 47.6 cm³/mol. The molecule has 0 N–H and O–H groups in total. The molecule has 0 aromatic rings. The van der Waals surface area contributed by atoms with Crippen molar-refractivity contribution in [3.8, 4) is 0 Å². The highest BCUT2D eigenvalue weighted by Crippen LogP contribution is 2.22. The van der Waals surface area contributed by atoms with E-state index in [1.165, 1.54) is 37.7 Å². The van der Waals surface area contributed by atoms with Crippen LogP contribution in [0.4, 0.5) is 0 Å². The minimum absolute atomic E-state index is 0.427. The number of ether oxygens (including phenoxy) is 1. The van der Waals surface area contributed by atoms with Gasteiger partial charge in [0, 0.05) is 0 Å². The monoisotopic (exact) mass is 154 g/mol. The number of unbranched alkanes of at least 4 members (excludes halogenated alkanes) is 3. The fourth-order valence-electron chi connectivity index (χ4n) is 1.22. The lowest BCUT2D eigenvalue weighted by Gasteiger charge is -2.00. The Morgan fingerprint density at radius 2 is 2.18 bits per heavy atom. The third-order valence-corrected chi connectivity index (χ3v) is 2.14. The fourth-order valence-corrected chi connectivity index (χ4v) is 1.22. The van der Waals surface area contributed by atoms with Crippen molar-refractivity contribution in [2.24, 2.45) is 0 Å². The lowest BCUT2D eigenvalue weighted by atomic mass is 10.1. The molecule has 11 heavy (non-hydrogen) atoms. The molecule has 1 rings (SSSR count). The zero-order chi connectivity index (χ0) is 8.10. The van der Waals surface area contributed by atoms with Crippen molar-refractivity contribution in [2.75, 3.05) is 6.61 Å². The zero-order valence-electron chi connectivity index (χ0n) is 7.44. The van der Waals surface area contributed by atoms with Gasteiger partial charge in [-0.2, -0.15) is 0 Å². The summed E-state index contributed by atoms with van der Waals surface area (Å²) in [6.07, 6.45) is 6.92. The molecule has 1 aliphatic heterocycles. The van der Waals surface area contributed by atoms with E-state index in [0.717, 1.165) is 6.61 Å². The molecule has 1 fully saturated rings. The summed E-state index contributed by atoms with van der Waals surface area (Å²) in [6, 6.07) is 0. The molecule has 0 radical (unpaired) electrons. The van der Waals surface area contributed by atoms with Crippen LogP contribution in [0.2, 0.25) is 0 Å². The van der Waals surface area contributed by atoms with Crippen LogP contribution in [0.25, 0.3) is 0 Å². The summed E-state index contributed by atoms with van der Waals surface area (Å²) in [5.41, 5.74) is 1.31. The normalized spacial score (nSPS) is 21.7. The van der Waals surface area contributed by atoms with Gasteiger partial charge in [0.15, 0.2) is 0 Å². The molecule has 1 heterocycles. The van der Waals surface area contributed by atoms with Gasteiger partial charge in [-0.3, -0.25) is 0 Å². The predicted octanol–water partition coefficient (Wildman–Crippen LogP) is 2.91. The second kappa shape index (κ2) is 4.55. The molecule has 0 aliphatic carbocycles. The third-order valence-electron chi connectivity index (χ3n) is 2.14. The highest BCUT2D eigenvalue weighted by molar-refractivity contribution is 5.07. The van der Waals surface area contributed by atoms with Crippen LogP contribution in [0.15, 0.2) is 12.2 Å². The van der Waals surface area contributed by atoms with Gasteiger partial charge in [-0.15, -0.1) is 0 Å². The first kappa shape index (κ1) is 8.79. The maximum atomic E-state index is 5.13. The van der Waals surface area contributed by atoms with Gasteiger partial charge in [0.05, 0.1) is 6.61 Å². The Hall–Kier alpha value is -0.300. The number of hydrogen-bond acceptors (Lipinski definition) is 1. The topological polar surface area (TPSA) is 12.5 Å². The Bertz CT molecular complexity index is 125. The van der Waals surface area contributed by atoms with E-state index in [2.05, 4.69) is 13.5 Å². The van der Waals surface area contributed by atoms with E-state index in [4.69, 9.17) is 4.74 Å². The molecular weight excluding hydrogens is 136 g/mol. The molecule has 0 aromatic heterocycles. The summed E-state index contributed by atoms with van der Waals surface area (Å²) in [7, 11) is 0. The molecule has 1 saturated heterocycles. The van der Waals surface area contributed by atoms with Crippen LogP contribution in [0.3, 0.4) is 0 Å². The average Bonchev–Trinajstić information content (AvgIpc) is 2.79. The maximum absolute atomic E-state index is 5.13. The minimum Gasteiger partial charge on any atom is -0.368 e. The van der Waals surface area contributed by atoms with E-state index in [1.807, 2.05) is 0 Å². The second-order valence-electron chi connectivity index (χ2n) is 3.29. The number of hydrogen-bond donors (Lipinski definition) is 0. The van der Waals surface area contributed by atoms with E-state index in [9.17, 15) is 0 Å². The van der Waals surface area contributed by atoms with Crippen molar-refractivity contribution in [3.05, 3.63) is 12.2 Å². The van der Waals surface area contributed by atoms with Gasteiger partial charge in [0.1, 0.15) is 6.10 Å². The molecule has 1 nitrogen and oxygen atoms in total. The highest BCUT2D eigenvalue weighted by Gasteiger charge is 2.24. The minimum atomic E-state index is 0.427. The van der Waals surface area contributed by atoms with Crippen LogP contribution in [0.1, 0.15) is 39.0 Å². The molecular formula is C10H18O. The van der Waals surface area contributed by atoms with E-state index in [-0.39, 0.29) is 0 Å². The van der Waals surface area contributed by atoms with E-state index < -0.39 is 0 Å². The molecule has 0 aromatic carbocycles. The maximum Gasteiger partial charge on any atom is 0.102 e. The zero-order valence-corrected chi connectivity index (χ0v) is 7.44. The van der Waals surface area contributed by atoms with Crippen molar-refractivity contribution in [1.82, 2.24) is 0 Å². The van der Waals surface area contributed by atoms with Gasteiger partial charge < -0.3 is 4.74 Å². The number of epoxide rings is 1. The van der Waals surface area contributed by atoms with Crippen LogP contribution < -0.4 is 0 Å². The van der Waals surface area contributed by atoms with Gasteiger partial charge in [0.2, 0.25) is 0 Å². The second-order valence-corrected chi connectivity index (χ2v) is 3.29. The molecule has 0 saturated carbocycles. The van der Waals surface area contributed by atoms with E-state index in [0.29, 0.717) is 6.10 Å². The van der Waals surface area contributed by atoms with Crippen molar-refractivity contribution < 1.29 is 4.74 Å². The summed E-state index contributed by atoms with van der Waals surface area (Å²) >= 11 is 0. The Balaban J connectivity index is 1.89. The Morgan fingerprint density at radius 1 is 1.45 bits per heavy atom. The van der Waals surface area contributed by atoms with Crippen LogP contribution in [-0.2, 0) is 4.74 Å². The van der Waals surface area contributed by atoms with Gasteiger partial charge >= 0.3 is 0 Å². The third kappa shape index (κ3) is 3.57. The molecule has 0 amide bonds. The van der Waals surface area contributed by atoms with Gasteiger partial charge in [-0.25, -0.2) is 0 Å². The summed E-state index contributed by atoms with van der Waals surface area (Å²) in [5.74, 6) is 0. The van der Waals surface area contributed by atoms with Crippen molar-refractivity contribution in [1.29, 1.82) is 0 Å². The molecule has 0 unspecified atom stereocenters. The van der Waals surface area contributed by atoms with Gasteiger partial charge in [0.25, 0.3) is 0 Å².